The molecular weight excluding hydrogens is 961 g/mol. The van der Waals surface area contributed by atoms with E-state index in [0.29, 0.717) is 43.6 Å². The van der Waals surface area contributed by atoms with Crippen molar-refractivity contribution in [2.45, 2.75) is 125 Å². The van der Waals surface area contributed by atoms with E-state index < -0.39 is 34.1 Å². The predicted molar refractivity (Wildman–Crippen MR) is 283 cm³/mol. The van der Waals surface area contributed by atoms with Crippen LogP contribution in [0.25, 0.3) is 0 Å². The summed E-state index contributed by atoms with van der Waals surface area (Å²) in [5, 5.41) is 15.4. The number of nitrogens with zero attached hydrogens (tertiary/aromatic N) is 10. The molecule has 0 amide bonds. The average molecular weight is 1040 g/mol. The summed E-state index contributed by atoms with van der Waals surface area (Å²) in [5.41, 5.74) is 18.5. The van der Waals surface area contributed by atoms with Gasteiger partial charge in [0.05, 0.1) is 39.4 Å². The number of rotatable bonds is 14. The number of aromatic amines is 1. The lowest BCUT2D eigenvalue weighted by molar-refractivity contribution is 0.0515. The fourth-order valence-corrected chi connectivity index (χ4v) is 6.37. The lowest BCUT2D eigenvalue weighted by atomic mass is 10.2. The van der Waals surface area contributed by atoms with Crippen molar-refractivity contribution in [3.05, 3.63) is 101 Å². The molecule has 0 unspecified atom stereocenters. The zero-order valence-corrected chi connectivity index (χ0v) is 46.2. The Balaban J connectivity index is 0.000000467. The SMILES string of the molecule is CC(C)(C)[Si](C)(C)OCc1cncnc1N.CCN=C(NCC)Nc1ncncc1CO[Si](C)(C)C(C)(C)C.CCOC(=O)c1cnc[nH]c1=O.CCOC(=O)c1cncnc1N.Nc1ncncc1CO. The molecule has 24 nitrogen and oxygen atoms in total. The van der Waals surface area contributed by atoms with Crippen LogP contribution in [-0.4, -0.2) is 116 Å². The van der Waals surface area contributed by atoms with Crippen molar-refractivity contribution in [3.63, 3.8) is 0 Å². The molecule has 0 aliphatic carbocycles. The second-order valence-corrected chi connectivity index (χ2v) is 27.7. The van der Waals surface area contributed by atoms with Gasteiger partial charge in [0.25, 0.3) is 5.56 Å². The number of carbonyl (C=O) groups is 2. The monoisotopic (exact) mass is 1040 g/mol. The van der Waals surface area contributed by atoms with Crippen LogP contribution in [0.4, 0.5) is 23.3 Å². The molecule has 0 spiro atoms. The van der Waals surface area contributed by atoms with Crippen LogP contribution in [0.3, 0.4) is 0 Å². The number of guanidine groups is 1. The van der Waals surface area contributed by atoms with Crippen LogP contribution in [-0.2, 0) is 38.1 Å². The Bertz CT molecular complexity index is 2490. The van der Waals surface area contributed by atoms with Gasteiger partial charge in [0, 0.05) is 60.8 Å². The molecule has 0 aliphatic rings. The maximum atomic E-state index is 11.1. The minimum Gasteiger partial charge on any atom is -0.462 e. The van der Waals surface area contributed by atoms with Gasteiger partial charge in [-0.1, -0.05) is 41.5 Å². The third kappa shape index (κ3) is 22.5. The Morgan fingerprint density at radius 1 is 0.653 bits per heavy atom. The highest BCUT2D eigenvalue weighted by Gasteiger charge is 2.38. The van der Waals surface area contributed by atoms with Gasteiger partial charge in [-0.05, 0) is 64.0 Å². The summed E-state index contributed by atoms with van der Waals surface area (Å²) in [7, 11) is -3.53. The van der Waals surface area contributed by atoms with Crippen molar-refractivity contribution in [1.29, 1.82) is 0 Å². The number of ether oxygens (including phenoxy) is 2. The quantitative estimate of drug-likeness (QED) is 0.0303. The average Bonchev–Trinajstić information content (AvgIpc) is 3.32. The van der Waals surface area contributed by atoms with E-state index in [9.17, 15) is 14.4 Å². The highest BCUT2D eigenvalue weighted by atomic mass is 28.4. The molecule has 5 rings (SSSR count). The molecule has 0 saturated heterocycles. The second kappa shape index (κ2) is 31.5. The summed E-state index contributed by atoms with van der Waals surface area (Å²) in [6, 6.07) is 0. The second-order valence-electron chi connectivity index (χ2n) is 18.1. The van der Waals surface area contributed by atoms with E-state index in [0.717, 1.165) is 29.4 Å². The summed E-state index contributed by atoms with van der Waals surface area (Å²) in [6.45, 7) is 32.6. The molecule has 10 N–H and O–H groups in total. The van der Waals surface area contributed by atoms with Crippen LogP contribution in [0.15, 0.2) is 72.4 Å². The largest absolute Gasteiger partial charge is 0.462 e. The van der Waals surface area contributed by atoms with E-state index >= 15 is 0 Å². The minimum atomic E-state index is -1.81. The van der Waals surface area contributed by atoms with Gasteiger partial charge in [0.2, 0.25) is 0 Å². The van der Waals surface area contributed by atoms with Crippen LogP contribution in [0.1, 0.15) is 107 Å². The molecule has 5 aromatic heterocycles. The summed E-state index contributed by atoms with van der Waals surface area (Å²) in [6.07, 6.45) is 14.3. The van der Waals surface area contributed by atoms with Gasteiger partial charge < -0.3 is 56.3 Å². The first kappa shape index (κ1) is 63.1. The Hall–Kier alpha value is -6.88. The van der Waals surface area contributed by atoms with Gasteiger partial charge in [-0.3, -0.25) is 9.79 Å². The molecule has 0 atom stereocenters. The number of anilines is 4. The topological polar surface area (TPSA) is 355 Å². The molecule has 0 radical (unpaired) electrons. The number of esters is 2. The molecule has 0 fully saturated rings. The fourth-order valence-electron chi connectivity index (χ4n) is 4.48. The number of aliphatic imine (C=N–C) groups is 1. The van der Waals surface area contributed by atoms with Crippen LogP contribution < -0.4 is 33.4 Å². The van der Waals surface area contributed by atoms with Gasteiger partial charge in [-0.15, -0.1) is 0 Å². The highest BCUT2D eigenvalue weighted by molar-refractivity contribution is 6.74. The van der Waals surface area contributed by atoms with Crippen molar-refractivity contribution in [2.75, 3.05) is 48.8 Å². The van der Waals surface area contributed by atoms with E-state index in [2.05, 4.69) is 138 Å². The number of carbonyl (C=O) groups excluding carboxylic acids is 2. The Morgan fingerprint density at radius 3 is 1.53 bits per heavy atom. The van der Waals surface area contributed by atoms with Gasteiger partial charge in [0.15, 0.2) is 22.6 Å². The summed E-state index contributed by atoms with van der Waals surface area (Å²) < 4.78 is 21.6. The lowest BCUT2D eigenvalue weighted by Crippen LogP contribution is -2.40. The molecule has 5 aromatic rings. The summed E-state index contributed by atoms with van der Waals surface area (Å²) >= 11 is 0. The number of nitrogens with two attached hydrogens (primary N) is 3. The van der Waals surface area contributed by atoms with Crippen molar-refractivity contribution in [2.24, 2.45) is 4.99 Å². The number of nitrogen functional groups attached to an aromatic ring is 3. The van der Waals surface area contributed by atoms with Gasteiger partial charge >= 0.3 is 11.9 Å². The van der Waals surface area contributed by atoms with E-state index in [4.69, 9.17) is 35.9 Å². The van der Waals surface area contributed by atoms with Crippen molar-refractivity contribution in [1.82, 2.24) is 55.2 Å². The van der Waals surface area contributed by atoms with Crippen LogP contribution in [0.5, 0.6) is 0 Å². The number of hydrogen-bond donors (Lipinski definition) is 7. The highest BCUT2D eigenvalue weighted by Crippen LogP contribution is 2.38. The smallest absolute Gasteiger partial charge is 0.345 e. The zero-order chi connectivity index (χ0) is 54.5. The maximum absolute atomic E-state index is 11.1. The Labute approximate surface area is 424 Å². The first-order chi connectivity index (χ1) is 33.8. The Kier molecular flexibility index (Phi) is 27.6. The number of aliphatic hydroxyl groups excluding tert-OH is 1. The predicted octanol–water partition coefficient (Wildman–Crippen LogP) is 5.71. The third-order valence-corrected chi connectivity index (χ3v) is 19.7. The van der Waals surface area contributed by atoms with E-state index in [1.165, 1.54) is 50.2 Å². The Morgan fingerprint density at radius 2 is 1.10 bits per heavy atom. The lowest BCUT2D eigenvalue weighted by Gasteiger charge is -2.36. The number of H-pyrrole nitrogens is 1. The molecule has 0 saturated carbocycles. The molecule has 72 heavy (non-hydrogen) atoms. The van der Waals surface area contributed by atoms with Gasteiger partial charge in [0.1, 0.15) is 59.7 Å². The fraction of sp³-hybridized carbons (Fsp3) is 0.500. The van der Waals surface area contributed by atoms with Crippen molar-refractivity contribution < 1.29 is 33.0 Å². The zero-order valence-electron chi connectivity index (χ0n) is 44.2. The minimum absolute atomic E-state index is 0.0700. The molecule has 0 aromatic carbocycles. The van der Waals surface area contributed by atoms with Gasteiger partial charge in [-0.2, -0.15) is 0 Å². The van der Waals surface area contributed by atoms with Crippen LogP contribution >= 0.6 is 0 Å². The summed E-state index contributed by atoms with van der Waals surface area (Å²) in [5.74, 6) is 1.32. The number of aliphatic hydroxyl groups is 1. The molecular formula is C46H76N16O8Si2. The van der Waals surface area contributed by atoms with Gasteiger partial charge in [-0.25, -0.2) is 54.4 Å². The maximum Gasteiger partial charge on any atom is 0.345 e. The number of aromatic nitrogens is 10. The first-order valence-corrected chi connectivity index (χ1v) is 28.9. The number of nitrogens with one attached hydrogen (secondary N) is 3. The summed E-state index contributed by atoms with van der Waals surface area (Å²) in [4.78, 5) is 74.3. The standard InChI is InChI=1S/C16H31N5OSi.C11H21N3OSi.C7H9N3O2.C7H8N2O3.C5H7N3O/c1-8-18-15(19-9-2)21-14-13(10-17-12-20-14)11-22-23(6,7)16(3,4)5;1-11(2,3)16(4,5)15-7-9-6-13-8-14-10(9)12;1-2-12-7(11)5-3-9-4-10-6(5)8;1-2-12-7(11)5-3-8-4-9-6(5)10;6-5-4(2-9)1-7-3-8-5/h10,12H,8-9,11H2,1-7H3,(H2,17,18,19,20,21);6,8H,7H2,1-5H3,(H2,12,13,14);3-4H,2H2,1H3,(H2,8,9,10);3-4H,2H2,1H3,(H,8,9,10);1,3,9H,2H2,(H2,6,7,8). The molecule has 5 heterocycles. The number of hydrogen-bond acceptors (Lipinski definition) is 21. The van der Waals surface area contributed by atoms with E-state index in [1.807, 2.05) is 13.8 Å². The molecule has 396 valence electrons. The van der Waals surface area contributed by atoms with E-state index in [1.54, 1.807) is 26.2 Å². The van der Waals surface area contributed by atoms with Crippen molar-refractivity contribution in [3.8, 4) is 0 Å². The van der Waals surface area contributed by atoms with E-state index in [-0.39, 0.29) is 40.2 Å². The molecule has 0 aliphatic heterocycles. The normalized spacial score (nSPS) is 11.3. The molecule has 26 heteroatoms. The van der Waals surface area contributed by atoms with Crippen LogP contribution in [0, 0.1) is 0 Å². The van der Waals surface area contributed by atoms with Crippen LogP contribution in [0.2, 0.25) is 36.3 Å². The molecule has 0 bridgehead atoms. The van der Waals surface area contributed by atoms with Crippen molar-refractivity contribution >= 4 is 57.8 Å². The first-order valence-electron chi connectivity index (χ1n) is 23.0. The third-order valence-electron chi connectivity index (χ3n) is 10.7.